The van der Waals surface area contributed by atoms with Crippen LogP contribution < -0.4 is 0 Å². The van der Waals surface area contributed by atoms with Gasteiger partial charge in [-0.3, -0.25) is 4.79 Å². The molecule has 1 aliphatic rings. The summed E-state index contributed by atoms with van der Waals surface area (Å²) >= 11 is 1.70. The number of aryl methyl sites for hydroxylation is 1. The summed E-state index contributed by atoms with van der Waals surface area (Å²) in [6, 6.07) is 13.6. The predicted molar refractivity (Wildman–Crippen MR) is 114 cm³/mol. The van der Waals surface area contributed by atoms with E-state index in [0.29, 0.717) is 18.7 Å². The molecule has 0 N–H and O–H groups in total. The van der Waals surface area contributed by atoms with Gasteiger partial charge in [0.25, 0.3) is 5.91 Å². The molecule has 1 aliphatic heterocycles. The minimum Gasteiger partial charge on any atom is -0.452 e. The Morgan fingerprint density at radius 1 is 1.17 bits per heavy atom. The number of rotatable bonds is 4. The first kappa shape index (κ1) is 19.6. The van der Waals surface area contributed by atoms with Crippen molar-refractivity contribution < 1.29 is 14.3 Å². The number of para-hydroxylation sites is 1. The van der Waals surface area contributed by atoms with Crippen molar-refractivity contribution in [3.8, 4) is 0 Å². The van der Waals surface area contributed by atoms with Crippen molar-refractivity contribution in [2.45, 2.75) is 32.6 Å². The smallest absolute Gasteiger partial charge is 0.338 e. The summed E-state index contributed by atoms with van der Waals surface area (Å²) in [5.74, 6) is -0.353. The van der Waals surface area contributed by atoms with E-state index in [1.54, 1.807) is 22.3 Å². The zero-order valence-electron chi connectivity index (χ0n) is 16.7. The highest BCUT2D eigenvalue weighted by atomic mass is 32.1. The van der Waals surface area contributed by atoms with Gasteiger partial charge in [-0.25, -0.2) is 9.78 Å². The second-order valence-electron chi connectivity index (χ2n) is 7.52. The van der Waals surface area contributed by atoms with Crippen LogP contribution in [0.3, 0.4) is 0 Å². The van der Waals surface area contributed by atoms with Gasteiger partial charge >= 0.3 is 5.97 Å². The molecule has 0 unspecified atom stereocenters. The quantitative estimate of drug-likeness (QED) is 0.598. The van der Waals surface area contributed by atoms with Crippen LogP contribution in [-0.2, 0) is 9.53 Å². The fourth-order valence-electron chi connectivity index (χ4n) is 3.74. The van der Waals surface area contributed by atoms with Gasteiger partial charge in [0.05, 0.1) is 20.8 Å². The first-order valence-corrected chi connectivity index (χ1v) is 10.7. The van der Waals surface area contributed by atoms with Crippen LogP contribution >= 0.6 is 11.3 Å². The van der Waals surface area contributed by atoms with Gasteiger partial charge in [-0.1, -0.05) is 24.3 Å². The largest absolute Gasteiger partial charge is 0.452 e. The highest BCUT2D eigenvalue weighted by Crippen LogP contribution is 2.33. The molecular formula is C23H24N2O3S. The zero-order valence-corrected chi connectivity index (χ0v) is 17.5. The maximum absolute atomic E-state index is 12.7. The van der Waals surface area contributed by atoms with Crippen molar-refractivity contribution in [1.82, 2.24) is 9.88 Å². The first-order valence-electron chi connectivity index (χ1n) is 9.89. The molecule has 4 rings (SSSR count). The molecule has 1 atom stereocenters. The van der Waals surface area contributed by atoms with E-state index in [9.17, 15) is 9.59 Å². The number of ether oxygens (including phenoxy) is 1. The fourth-order valence-corrected chi connectivity index (χ4v) is 4.83. The summed E-state index contributed by atoms with van der Waals surface area (Å²) in [6.07, 6.45) is 1.95. The molecule has 5 nitrogen and oxygen atoms in total. The molecule has 150 valence electrons. The van der Waals surface area contributed by atoms with Crippen molar-refractivity contribution in [3.05, 3.63) is 64.2 Å². The van der Waals surface area contributed by atoms with Crippen LogP contribution in [0.1, 0.15) is 45.3 Å². The number of likely N-dealkylation sites (tertiary alicyclic amines) is 1. The molecule has 1 fully saturated rings. The molecule has 1 amide bonds. The Morgan fingerprint density at radius 3 is 2.83 bits per heavy atom. The Hall–Kier alpha value is -2.73. The van der Waals surface area contributed by atoms with E-state index in [-0.39, 0.29) is 18.4 Å². The van der Waals surface area contributed by atoms with Crippen molar-refractivity contribution in [2.75, 3.05) is 19.7 Å². The number of benzene rings is 2. The Bertz CT molecular complexity index is 1030. The molecular weight excluding hydrogens is 384 g/mol. The standard InChI is InChI=1S/C23H24N2O3S/c1-15-7-5-9-18(16(15)2)23(27)28-14-21(26)25-12-6-8-17(13-25)22-24-19-10-3-4-11-20(19)29-22/h3-5,7,9-11,17H,6,8,12-14H2,1-2H3/t17-/m0/s1. The highest BCUT2D eigenvalue weighted by molar-refractivity contribution is 7.18. The molecule has 6 heteroatoms. The Kier molecular flexibility index (Phi) is 5.62. The SMILES string of the molecule is Cc1cccc(C(=O)OCC(=O)N2CCC[C@H](c3nc4ccccc4s3)C2)c1C. The zero-order chi connectivity index (χ0) is 20.4. The number of piperidine rings is 1. The highest BCUT2D eigenvalue weighted by Gasteiger charge is 2.27. The monoisotopic (exact) mass is 408 g/mol. The topological polar surface area (TPSA) is 59.5 Å². The molecule has 1 saturated heterocycles. The van der Waals surface area contributed by atoms with Crippen LogP contribution in [0.5, 0.6) is 0 Å². The maximum Gasteiger partial charge on any atom is 0.338 e. The molecule has 29 heavy (non-hydrogen) atoms. The third-order valence-corrected chi connectivity index (χ3v) is 6.78. The molecule has 0 aliphatic carbocycles. The first-order chi connectivity index (χ1) is 14.0. The van der Waals surface area contributed by atoms with Gasteiger partial charge in [0.2, 0.25) is 0 Å². The fraction of sp³-hybridized carbons (Fsp3) is 0.348. The van der Waals surface area contributed by atoms with Crippen LogP contribution in [0, 0.1) is 13.8 Å². The van der Waals surface area contributed by atoms with E-state index in [1.165, 1.54) is 4.70 Å². The number of thiazole rings is 1. The molecule has 2 heterocycles. The lowest BCUT2D eigenvalue weighted by molar-refractivity contribution is -0.135. The average Bonchev–Trinajstić information content (AvgIpc) is 3.18. The normalized spacial score (nSPS) is 16.8. The third kappa shape index (κ3) is 4.17. The average molecular weight is 409 g/mol. The number of fused-ring (bicyclic) bond motifs is 1. The second kappa shape index (κ2) is 8.33. The molecule has 0 bridgehead atoms. The second-order valence-corrected chi connectivity index (χ2v) is 8.58. The van der Waals surface area contributed by atoms with Gasteiger partial charge in [-0.05, 0) is 56.0 Å². The third-order valence-electron chi connectivity index (χ3n) is 5.59. The van der Waals surface area contributed by atoms with Crippen LogP contribution in [0.15, 0.2) is 42.5 Å². The number of carbonyl (C=O) groups is 2. The van der Waals surface area contributed by atoms with Gasteiger partial charge < -0.3 is 9.64 Å². The number of amides is 1. The van der Waals surface area contributed by atoms with Gasteiger partial charge in [0, 0.05) is 19.0 Å². The summed E-state index contributed by atoms with van der Waals surface area (Å²) in [7, 11) is 0. The molecule has 0 radical (unpaired) electrons. The summed E-state index contributed by atoms with van der Waals surface area (Å²) in [4.78, 5) is 31.6. The van der Waals surface area contributed by atoms with Gasteiger partial charge in [0.1, 0.15) is 0 Å². The summed E-state index contributed by atoms with van der Waals surface area (Å²) in [5.41, 5.74) is 3.45. The number of esters is 1. The van der Waals surface area contributed by atoms with E-state index < -0.39 is 5.97 Å². The number of aromatic nitrogens is 1. The minimum absolute atomic E-state index is 0.144. The summed E-state index contributed by atoms with van der Waals surface area (Å²) in [6.45, 7) is 4.94. The summed E-state index contributed by atoms with van der Waals surface area (Å²) < 4.78 is 6.50. The molecule has 0 saturated carbocycles. The molecule has 0 spiro atoms. The van der Waals surface area contributed by atoms with Gasteiger partial charge in [-0.2, -0.15) is 0 Å². The van der Waals surface area contributed by atoms with E-state index >= 15 is 0 Å². The number of carbonyl (C=O) groups excluding carboxylic acids is 2. The Balaban J connectivity index is 1.38. The van der Waals surface area contributed by atoms with Crippen LogP contribution in [0.4, 0.5) is 0 Å². The number of hydrogen-bond donors (Lipinski definition) is 0. The summed E-state index contributed by atoms with van der Waals surface area (Å²) in [5, 5.41) is 1.08. The lowest BCUT2D eigenvalue weighted by Gasteiger charge is -2.31. The molecule has 1 aromatic heterocycles. The van der Waals surface area contributed by atoms with E-state index in [4.69, 9.17) is 9.72 Å². The minimum atomic E-state index is -0.445. The number of nitrogens with zero attached hydrogens (tertiary/aromatic N) is 2. The van der Waals surface area contributed by atoms with Crippen LogP contribution in [0.2, 0.25) is 0 Å². The maximum atomic E-state index is 12.7. The van der Waals surface area contributed by atoms with Crippen LogP contribution in [0.25, 0.3) is 10.2 Å². The molecule has 2 aromatic carbocycles. The van der Waals surface area contributed by atoms with Gasteiger partial charge in [0.15, 0.2) is 6.61 Å². The Morgan fingerprint density at radius 2 is 2.00 bits per heavy atom. The van der Waals surface area contributed by atoms with Crippen molar-refractivity contribution in [1.29, 1.82) is 0 Å². The van der Waals surface area contributed by atoms with Gasteiger partial charge in [-0.15, -0.1) is 11.3 Å². The van der Waals surface area contributed by atoms with Crippen molar-refractivity contribution in [2.24, 2.45) is 0 Å². The van der Waals surface area contributed by atoms with E-state index in [2.05, 4.69) is 6.07 Å². The van der Waals surface area contributed by atoms with Crippen molar-refractivity contribution in [3.63, 3.8) is 0 Å². The van der Waals surface area contributed by atoms with Crippen LogP contribution in [-0.4, -0.2) is 41.5 Å². The number of hydrogen-bond acceptors (Lipinski definition) is 5. The van der Waals surface area contributed by atoms with Crippen molar-refractivity contribution >= 4 is 33.4 Å². The Labute approximate surface area is 174 Å². The lowest BCUT2D eigenvalue weighted by Crippen LogP contribution is -2.41. The van der Waals surface area contributed by atoms with E-state index in [0.717, 1.165) is 34.5 Å². The van der Waals surface area contributed by atoms with E-state index in [1.807, 2.05) is 44.2 Å². The lowest BCUT2D eigenvalue weighted by atomic mass is 9.99. The predicted octanol–water partition coefficient (Wildman–Crippen LogP) is 4.48. The molecule has 3 aromatic rings.